The lowest BCUT2D eigenvalue weighted by atomic mass is 10.2. The fourth-order valence-corrected chi connectivity index (χ4v) is 2.11. The van der Waals surface area contributed by atoms with Crippen LogP contribution in [0.1, 0.15) is 18.5 Å². The van der Waals surface area contributed by atoms with Crippen LogP contribution in [0, 0.1) is 6.92 Å². The minimum Gasteiger partial charge on any atom is -0.394 e. The van der Waals surface area contributed by atoms with Crippen LogP contribution in [-0.4, -0.2) is 40.2 Å². The number of rotatable bonds is 2. The Bertz CT molecular complexity index is 408. The summed E-state index contributed by atoms with van der Waals surface area (Å²) in [5, 5.41) is 12.0. The maximum atomic E-state index is 12.0. The second-order valence-electron chi connectivity index (χ2n) is 4.29. The second kappa shape index (κ2) is 5.14. The first-order valence-corrected chi connectivity index (χ1v) is 5.82. The normalized spacial score (nSPS) is 19.4. The lowest BCUT2D eigenvalue weighted by molar-refractivity contribution is 0.166. The van der Waals surface area contributed by atoms with E-state index in [4.69, 9.17) is 5.11 Å². The van der Waals surface area contributed by atoms with Crippen LogP contribution in [0.5, 0.6) is 0 Å². The maximum absolute atomic E-state index is 12.0. The Morgan fingerprint density at radius 2 is 2.53 bits per heavy atom. The summed E-state index contributed by atoms with van der Waals surface area (Å²) in [7, 11) is 0. The third kappa shape index (κ3) is 2.74. The third-order valence-electron chi connectivity index (χ3n) is 3.00. The van der Waals surface area contributed by atoms with E-state index in [0.29, 0.717) is 6.54 Å². The van der Waals surface area contributed by atoms with E-state index in [1.165, 1.54) is 0 Å². The van der Waals surface area contributed by atoms with Crippen LogP contribution in [0.25, 0.3) is 0 Å². The minimum atomic E-state index is -0.146. The van der Waals surface area contributed by atoms with Crippen LogP contribution < -0.4 is 5.32 Å². The molecular formula is C12H17N3O2. The van der Waals surface area contributed by atoms with Crippen molar-refractivity contribution in [2.75, 3.05) is 18.5 Å². The van der Waals surface area contributed by atoms with Crippen molar-refractivity contribution in [3.05, 3.63) is 24.0 Å². The van der Waals surface area contributed by atoms with E-state index in [1.807, 2.05) is 13.0 Å². The number of aryl methyl sites for hydroxylation is 1. The predicted molar refractivity (Wildman–Crippen MR) is 64.8 cm³/mol. The zero-order valence-electron chi connectivity index (χ0n) is 9.89. The van der Waals surface area contributed by atoms with Gasteiger partial charge in [-0.25, -0.2) is 4.79 Å². The summed E-state index contributed by atoms with van der Waals surface area (Å²) < 4.78 is 0. The lowest BCUT2D eigenvalue weighted by Crippen LogP contribution is -2.40. The number of nitrogens with zero attached hydrogens (tertiary/aromatic N) is 2. The van der Waals surface area contributed by atoms with E-state index in [-0.39, 0.29) is 18.7 Å². The first-order valence-electron chi connectivity index (χ1n) is 5.82. The molecule has 1 aliphatic rings. The van der Waals surface area contributed by atoms with Crippen LogP contribution in [-0.2, 0) is 0 Å². The maximum Gasteiger partial charge on any atom is 0.322 e. The Hall–Kier alpha value is -1.62. The quantitative estimate of drug-likeness (QED) is 0.813. The largest absolute Gasteiger partial charge is 0.394 e. The van der Waals surface area contributed by atoms with E-state index in [0.717, 1.165) is 24.2 Å². The number of aliphatic hydroxyl groups is 1. The van der Waals surface area contributed by atoms with Gasteiger partial charge in [-0.1, -0.05) is 0 Å². The molecule has 0 saturated carbocycles. The minimum absolute atomic E-state index is 0.0305. The van der Waals surface area contributed by atoms with Gasteiger partial charge < -0.3 is 15.3 Å². The zero-order chi connectivity index (χ0) is 12.3. The molecule has 1 saturated heterocycles. The summed E-state index contributed by atoms with van der Waals surface area (Å²) in [6.07, 6.45) is 3.49. The molecule has 92 valence electrons. The lowest BCUT2D eigenvalue weighted by Gasteiger charge is -2.23. The van der Waals surface area contributed by atoms with Gasteiger partial charge in [0.15, 0.2) is 0 Å². The highest BCUT2D eigenvalue weighted by molar-refractivity contribution is 5.89. The van der Waals surface area contributed by atoms with Crippen molar-refractivity contribution in [2.24, 2.45) is 0 Å². The number of urea groups is 1. The van der Waals surface area contributed by atoms with E-state index >= 15 is 0 Å². The molecule has 0 aliphatic carbocycles. The van der Waals surface area contributed by atoms with Crippen molar-refractivity contribution in [3.8, 4) is 0 Å². The molecule has 5 heteroatoms. The fourth-order valence-electron chi connectivity index (χ4n) is 2.11. The Kier molecular flexibility index (Phi) is 3.58. The third-order valence-corrected chi connectivity index (χ3v) is 3.00. The van der Waals surface area contributed by atoms with Crippen molar-refractivity contribution >= 4 is 11.7 Å². The van der Waals surface area contributed by atoms with Crippen LogP contribution in [0.3, 0.4) is 0 Å². The van der Waals surface area contributed by atoms with Gasteiger partial charge in [-0.2, -0.15) is 0 Å². The summed E-state index contributed by atoms with van der Waals surface area (Å²) in [6, 6.07) is 3.39. The summed E-state index contributed by atoms with van der Waals surface area (Å²) in [5.41, 5.74) is 1.61. The van der Waals surface area contributed by atoms with Gasteiger partial charge in [0.05, 0.1) is 12.6 Å². The number of carbonyl (C=O) groups is 1. The molecule has 0 aromatic carbocycles. The number of hydrogen-bond acceptors (Lipinski definition) is 3. The molecule has 2 amide bonds. The van der Waals surface area contributed by atoms with Gasteiger partial charge in [-0.05, 0) is 31.9 Å². The molecule has 1 atom stereocenters. The van der Waals surface area contributed by atoms with Gasteiger partial charge in [-0.3, -0.25) is 4.98 Å². The smallest absolute Gasteiger partial charge is 0.322 e. The van der Waals surface area contributed by atoms with Crippen molar-refractivity contribution in [1.82, 2.24) is 9.88 Å². The molecule has 1 unspecified atom stereocenters. The summed E-state index contributed by atoms with van der Waals surface area (Å²) >= 11 is 0. The van der Waals surface area contributed by atoms with Gasteiger partial charge >= 0.3 is 6.03 Å². The van der Waals surface area contributed by atoms with Gasteiger partial charge in [0, 0.05) is 24.1 Å². The number of hydrogen-bond donors (Lipinski definition) is 2. The highest BCUT2D eigenvalue weighted by atomic mass is 16.3. The first kappa shape index (κ1) is 11.9. The highest BCUT2D eigenvalue weighted by Gasteiger charge is 2.27. The van der Waals surface area contributed by atoms with Crippen LogP contribution >= 0.6 is 0 Å². The Balaban J connectivity index is 2.01. The van der Waals surface area contributed by atoms with Crippen LogP contribution in [0.15, 0.2) is 18.3 Å². The summed E-state index contributed by atoms with van der Waals surface area (Å²) in [6.45, 7) is 2.62. The highest BCUT2D eigenvalue weighted by Crippen LogP contribution is 2.18. The Morgan fingerprint density at radius 1 is 1.71 bits per heavy atom. The molecule has 2 N–H and O–H groups in total. The van der Waals surface area contributed by atoms with E-state index in [2.05, 4.69) is 10.3 Å². The van der Waals surface area contributed by atoms with E-state index in [1.54, 1.807) is 17.2 Å². The number of aromatic nitrogens is 1. The molecule has 17 heavy (non-hydrogen) atoms. The van der Waals surface area contributed by atoms with Crippen LogP contribution in [0.4, 0.5) is 10.5 Å². The second-order valence-corrected chi connectivity index (χ2v) is 4.29. The molecule has 2 heterocycles. The molecule has 1 aromatic heterocycles. The van der Waals surface area contributed by atoms with Crippen molar-refractivity contribution in [1.29, 1.82) is 0 Å². The number of anilines is 1. The topological polar surface area (TPSA) is 65.5 Å². The Labute approximate surface area is 100 Å². The summed E-state index contributed by atoms with van der Waals surface area (Å²) in [4.78, 5) is 17.7. The monoisotopic (exact) mass is 235 g/mol. The first-order chi connectivity index (χ1) is 8.20. The molecule has 0 bridgehead atoms. The molecule has 1 fully saturated rings. The van der Waals surface area contributed by atoms with Gasteiger partial charge in [-0.15, -0.1) is 0 Å². The van der Waals surface area contributed by atoms with E-state index in [9.17, 15) is 4.79 Å². The zero-order valence-corrected chi connectivity index (χ0v) is 9.89. The summed E-state index contributed by atoms with van der Waals surface area (Å²) in [5.74, 6) is 0. The molecule has 1 aliphatic heterocycles. The number of aliphatic hydroxyl groups excluding tert-OH is 1. The number of nitrogens with one attached hydrogen (secondary N) is 1. The molecule has 1 aromatic rings. The number of pyridine rings is 1. The van der Waals surface area contributed by atoms with Gasteiger partial charge in [0.1, 0.15) is 0 Å². The van der Waals surface area contributed by atoms with Gasteiger partial charge in [0.2, 0.25) is 0 Å². The average molecular weight is 235 g/mol. The number of amides is 2. The standard InChI is InChI=1S/C12H17N3O2/c1-9-7-10(4-5-13-9)14-12(17)15-6-2-3-11(15)8-16/h4-5,7,11,16H,2-3,6,8H2,1H3,(H,13,14,17). The molecule has 2 rings (SSSR count). The molecular weight excluding hydrogens is 218 g/mol. The fraction of sp³-hybridized carbons (Fsp3) is 0.500. The molecule has 5 nitrogen and oxygen atoms in total. The number of likely N-dealkylation sites (tertiary alicyclic amines) is 1. The molecule has 0 radical (unpaired) electrons. The van der Waals surface area contributed by atoms with Crippen molar-refractivity contribution < 1.29 is 9.90 Å². The Morgan fingerprint density at radius 3 is 3.24 bits per heavy atom. The number of carbonyl (C=O) groups excluding carboxylic acids is 1. The van der Waals surface area contributed by atoms with E-state index < -0.39 is 0 Å². The van der Waals surface area contributed by atoms with Gasteiger partial charge in [0.25, 0.3) is 0 Å². The SMILES string of the molecule is Cc1cc(NC(=O)N2CCCC2CO)ccn1. The van der Waals surface area contributed by atoms with Crippen molar-refractivity contribution in [3.63, 3.8) is 0 Å². The average Bonchev–Trinajstić information content (AvgIpc) is 2.77. The molecule has 0 spiro atoms. The van der Waals surface area contributed by atoms with Crippen molar-refractivity contribution in [2.45, 2.75) is 25.8 Å². The van der Waals surface area contributed by atoms with Crippen LogP contribution in [0.2, 0.25) is 0 Å². The predicted octanol–water partition coefficient (Wildman–Crippen LogP) is 1.38.